The van der Waals surface area contributed by atoms with Crippen molar-refractivity contribution in [1.82, 2.24) is 4.98 Å². The first-order chi connectivity index (χ1) is 6.36. The van der Waals surface area contributed by atoms with Gasteiger partial charge in [0.1, 0.15) is 0 Å². The van der Waals surface area contributed by atoms with Gasteiger partial charge in [-0.2, -0.15) is 0 Å². The molecule has 1 aliphatic carbocycles. The highest BCUT2D eigenvalue weighted by Gasteiger charge is 2.05. The fourth-order valence-electron chi connectivity index (χ4n) is 1.46. The van der Waals surface area contributed by atoms with Gasteiger partial charge >= 0.3 is 0 Å². The Bertz CT molecular complexity index is 300. The van der Waals surface area contributed by atoms with E-state index in [1.54, 1.807) is 0 Å². The molecule has 70 valence electrons. The monoisotopic (exact) mass is 175 g/mol. The summed E-state index contributed by atoms with van der Waals surface area (Å²) in [5, 5.41) is 0. The van der Waals surface area contributed by atoms with Gasteiger partial charge in [-0.1, -0.05) is 25.5 Å². The van der Waals surface area contributed by atoms with Crippen LogP contribution in [0, 0.1) is 0 Å². The predicted molar refractivity (Wildman–Crippen MR) is 57.6 cm³/mol. The Kier molecular flexibility index (Phi) is 3.69. The molecule has 0 bridgehead atoms. The summed E-state index contributed by atoms with van der Waals surface area (Å²) in [6, 6.07) is 2.08. The van der Waals surface area contributed by atoms with Gasteiger partial charge in [-0.05, 0) is 37.0 Å². The summed E-state index contributed by atoms with van der Waals surface area (Å²) in [6.07, 6.45) is 8.43. The first-order valence-corrected chi connectivity index (χ1v) is 4.96. The molecule has 0 aliphatic heterocycles. The molecule has 0 radical (unpaired) electrons. The van der Waals surface area contributed by atoms with Gasteiger partial charge in [0.25, 0.3) is 0 Å². The van der Waals surface area contributed by atoms with Gasteiger partial charge in [-0.15, -0.1) is 0 Å². The van der Waals surface area contributed by atoms with Crippen LogP contribution in [0.3, 0.4) is 0 Å². The Morgan fingerprint density at radius 1 is 1.23 bits per heavy atom. The molecule has 0 saturated carbocycles. The third-order valence-electron chi connectivity index (χ3n) is 2.13. The Morgan fingerprint density at radius 2 is 2.00 bits per heavy atom. The minimum atomic E-state index is 1.16. The lowest BCUT2D eigenvalue weighted by atomic mass is 9.95. The average Bonchev–Trinajstić information content (AvgIpc) is 2.21. The van der Waals surface area contributed by atoms with Gasteiger partial charge in [0, 0.05) is 12.4 Å². The molecular weight excluding hydrogens is 158 g/mol. The number of nitrogens with zero attached hydrogens (tertiary/aromatic N) is 1. The highest BCUT2D eigenvalue weighted by atomic mass is 14.6. The second-order valence-corrected chi connectivity index (χ2v) is 3.07. The topological polar surface area (TPSA) is 12.9 Å². The van der Waals surface area contributed by atoms with Crippen LogP contribution in [0.2, 0.25) is 0 Å². The van der Waals surface area contributed by atoms with E-state index in [9.17, 15) is 0 Å². The molecule has 0 atom stereocenters. The van der Waals surface area contributed by atoms with E-state index >= 15 is 0 Å². The second-order valence-electron chi connectivity index (χ2n) is 3.07. The first-order valence-electron chi connectivity index (χ1n) is 4.96. The van der Waals surface area contributed by atoms with E-state index in [2.05, 4.69) is 24.1 Å². The van der Waals surface area contributed by atoms with Crippen molar-refractivity contribution in [3.05, 3.63) is 35.2 Å². The van der Waals surface area contributed by atoms with Crippen molar-refractivity contribution in [3.63, 3.8) is 0 Å². The van der Waals surface area contributed by atoms with Gasteiger partial charge in [0.05, 0.1) is 0 Å². The van der Waals surface area contributed by atoms with Crippen LogP contribution < -0.4 is 0 Å². The zero-order valence-electron chi connectivity index (χ0n) is 8.67. The van der Waals surface area contributed by atoms with Crippen molar-refractivity contribution >= 4 is 6.08 Å². The molecule has 13 heavy (non-hydrogen) atoms. The molecule has 0 amide bonds. The number of pyridine rings is 1. The van der Waals surface area contributed by atoms with E-state index in [-0.39, 0.29) is 0 Å². The molecular formula is C12H17N. The maximum atomic E-state index is 4.09. The zero-order valence-corrected chi connectivity index (χ0v) is 8.67. The molecule has 0 aromatic carbocycles. The maximum absolute atomic E-state index is 4.09. The molecule has 0 N–H and O–H groups in total. The quantitative estimate of drug-likeness (QED) is 0.588. The predicted octanol–water partition coefficient (Wildman–Crippen LogP) is 3.46. The number of allylic oxidation sites excluding steroid dienone is 1. The Labute approximate surface area is 80.5 Å². The maximum Gasteiger partial charge on any atom is 0.0305 e. The van der Waals surface area contributed by atoms with Crippen LogP contribution in [-0.2, 0) is 6.42 Å². The van der Waals surface area contributed by atoms with Crippen molar-refractivity contribution in [2.75, 3.05) is 0 Å². The molecule has 0 spiro atoms. The molecule has 1 aromatic heterocycles. The molecule has 1 aromatic rings. The number of hydrogen-bond donors (Lipinski definition) is 0. The van der Waals surface area contributed by atoms with Gasteiger partial charge in [-0.3, -0.25) is 4.98 Å². The molecule has 1 heterocycles. The number of rotatable bonds is 0. The van der Waals surface area contributed by atoms with Crippen molar-refractivity contribution in [2.24, 2.45) is 0 Å². The van der Waals surface area contributed by atoms with Crippen LogP contribution in [0.5, 0.6) is 0 Å². The number of aromatic nitrogens is 1. The number of aryl methyl sites for hydroxylation is 1. The average molecular weight is 175 g/mol. The van der Waals surface area contributed by atoms with Crippen LogP contribution in [0.25, 0.3) is 6.08 Å². The lowest BCUT2D eigenvalue weighted by Gasteiger charge is -2.11. The molecule has 1 nitrogen and oxygen atoms in total. The Morgan fingerprint density at radius 3 is 2.77 bits per heavy atom. The summed E-state index contributed by atoms with van der Waals surface area (Å²) >= 11 is 0. The normalized spacial score (nSPS) is 13.6. The van der Waals surface area contributed by atoms with E-state index in [0.29, 0.717) is 0 Å². The summed E-state index contributed by atoms with van der Waals surface area (Å²) in [5.74, 6) is 0. The summed E-state index contributed by atoms with van der Waals surface area (Å²) in [6.45, 7) is 6.18. The van der Waals surface area contributed by atoms with E-state index in [1.165, 1.54) is 23.1 Å². The zero-order chi connectivity index (χ0) is 9.68. The lowest BCUT2D eigenvalue weighted by molar-refractivity contribution is 0.918. The third-order valence-corrected chi connectivity index (χ3v) is 2.13. The van der Waals surface area contributed by atoms with Crippen molar-refractivity contribution in [2.45, 2.75) is 33.6 Å². The van der Waals surface area contributed by atoms with Crippen LogP contribution in [0.1, 0.15) is 38.3 Å². The van der Waals surface area contributed by atoms with E-state index in [4.69, 9.17) is 0 Å². The van der Waals surface area contributed by atoms with Crippen LogP contribution in [-0.4, -0.2) is 4.98 Å². The molecule has 0 saturated heterocycles. The third kappa shape index (κ3) is 2.41. The van der Waals surface area contributed by atoms with Gasteiger partial charge in [-0.25, -0.2) is 0 Å². The van der Waals surface area contributed by atoms with Gasteiger partial charge in [0.2, 0.25) is 0 Å². The number of hydrogen-bond acceptors (Lipinski definition) is 1. The fourth-order valence-corrected chi connectivity index (χ4v) is 1.46. The summed E-state index contributed by atoms with van der Waals surface area (Å²) in [7, 11) is 0. The Hall–Kier alpha value is -1.11. The van der Waals surface area contributed by atoms with Crippen molar-refractivity contribution in [3.8, 4) is 0 Å². The van der Waals surface area contributed by atoms with E-state index in [1.807, 2.05) is 26.2 Å². The van der Waals surface area contributed by atoms with Crippen LogP contribution in [0.4, 0.5) is 0 Å². The molecule has 1 heteroatoms. The van der Waals surface area contributed by atoms with E-state index < -0.39 is 0 Å². The molecule has 2 rings (SSSR count). The first kappa shape index (κ1) is 9.97. The van der Waals surface area contributed by atoms with Crippen molar-refractivity contribution < 1.29 is 0 Å². The minimum absolute atomic E-state index is 1.16. The Balaban J connectivity index is 0.000000396. The highest BCUT2D eigenvalue weighted by Crippen LogP contribution is 2.21. The van der Waals surface area contributed by atoms with Crippen LogP contribution >= 0.6 is 0 Å². The van der Waals surface area contributed by atoms with Gasteiger partial charge < -0.3 is 0 Å². The summed E-state index contributed by atoms with van der Waals surface area (Å²) in [5.41, 5.74) is 4.21. The largest absolute Gasteiger partial charge is 0.264 e. The minimum Gasteiger partial charge on any atom is -0.264 e. The standard InChI is InChI=1S/C10H11N.C2H6/c1-8-2-3-10-7-11-5-4-9(10)6-8;1-2/h4-7H,2-3H2,1H3;1-2H3. The summed E-state index contributed by atoms with van der Waals surface area (Å²) < 4.78 is 0. The second kappa shape index (κ2) is 4.80. The molecule has 0 unspecified atom stereocenters. The smallest absolute Gasteiger partial charge is 0.0305 e. The SMILES string of the molecule is CC.CC1=Cc2ccncc2CC1. The lowest BCUT2D eigenvalue weighted by Crippen LogP contribution is -1.97. The van der Waals surface area contributed by atoms with E-state index in [0.717, 1.165) is 6.42 Å². The fraction of sp³-hybridized carbons (Fsp3) is 0.417. The molecule has 1 aliphatic rings. The highest BCUT2D eigenvalue weighted by molar-refractivity contribution is 5.58. The molecule has 0 fully saturated rings. The van der Waals surface area contributed by atoms with Crippen molar-refractivity contribution in [1.29, 1.82) is 0 Å². The van der Waals surface area contributed by atoms with Crippen LogP contribution in [0.15, 0.2) is 24.0 Å². The van der Waals surface area contributed by atoms with Gasteiger partial charge in [0.15, 0.2) is 0 Å². The number of fused-ring (bicyclic) bond motifs is 1. The summed E-state index contributed by atoms with van der Waals surface area (Å²) in [4.78, 5) is 4.09.